The van der Waals surface area contributed by atoms with E-state index in [4.69, 9.17) is 15.2 Å². The van der Waals surface area contributed by atoms with Crippen LogP contribution in [0, 0.1) is 0 Å². The molecule has 1 aliphatic heterocycles. The molecular formula is C22H25N5O5S. The van der Waals surface area contributed by atoms with Gasteiger partial charge in [-0.25, -0.2) is 27.5 Å². The number of benzene rings is 2. The first-order valence-corrected chi connectivity index (χ1v) is 11.8. The van der Waals surface area contributed by atoms with Crippen molar-refractivity contribution in [1.82, 2.24) is 14.3 Å². The molecule has 2 N–H and O–H groups in total. The average Bonchev–Trinajstić information content (AvgIpc) is 2.82. The number of rotatable bonds is 6. The second-order valence-corrected chi connectivity index (χ2v) is 9.84. The monoisotopic (exact) mass is 471 g/mol. The minimum absolute atomic E-state index is 0.00246. The van der Waals surface area contributed by atoms with Crippen LogP contribution in [0.3, 0.4) is 0 Å². The Morgan fingerprint density at radius 2 is 1.88 bits per heavy atom. The number of carbonyl (C=O) groups excluding carboxylic acids is 1. The van der Waals surface area contributed by atoms with Crippen molar-refractivity contribution >= 4 is 38.4 Å². The lowest BCUT2D eigenvalue weighted by molar-refractivity contribution is 0.0462. The molecule has 1 fully saturated rings. The quantitative estimate of drug-likeness (QED) is 0.534. The van der Waals surface area contributed by atoms with Crippen LogP contribution in [0.4, 0.5) is 11.5 Å². The van der Waals surface area contributed by atoms with Crippen LogP contribution in [0.2, 0.25) is 0 Å². The van der Waals surface area contributed by atoms with Crippen molar-refractivity contribution in [1.29, 1.82) is 0 Å². The Bertz CT molecular complexity index is 1290. The van der Waals surface area contributed by atoms with E-state index >= 15 is 0 Å². The molecule has 33 heavy (non-hydrogen) atoms. The van der Waals surface area contributed by atoms with Gasteiger partial charge in [0.05, 0.1) is 34.9 Å². The van der Waals surface area contributed by atoms with E-state index in [0.717, 1.165) is 4.31 Å². The van der Waals surface area contributed by atoms with Crippen molar-refractivity contribution in [3.8, 4) is 0 Å². The van der Waals surface area contributed by atoms with Gasteiger partial charge in [-0.15, -0.1) is 0 Å². The maximum Gasteiger partial charge on any atom is 0.340 e. The summed E-state index contributed by atoms with van der Waals surface area (Å²) < 4.78 is 37.3. The number of nitrogen functional groups attached to an aromatic ring is 1. The van der Waals surface area contributed by atoms with Crippen molar-refractivity contribution in [2.24, 2.45) is 0 Å². The van der Waals surface area contributed by atoms with E-state index in [9.17, 15) is 13.2 Å². The molecule has 0 saturated carbocycles. The van der Waals surface area contributed by atoms with Gasteiger partial charge in [-0.3, -0.25) is 0 Å². The summed E-state index contributed by atoms with van der Waals surface area (Å²) in [5, 5.41) is 0.712. The fraction of sp³-hybridized carbons (Fsp3) is 0.318. The van der Waals surface area contributed by atoms with Crippen molar-refractivity contribution in [2.75, 3.05) is 51.0 Å². The minimum atomic E-state index is -3.74. The lowest BCUT2D eigenvalue weighted by atomic mass is 10.1. The van der Waals surface area contributed by atoms with Crippen molar-refractivity contribution < 1.29 is 22.7 Å². The number of esters is 1. The van der Waals surface area contributed by atoms with Crippen LogP contribution in [-0.2, 0) is 26.1 Å². The number of carbonyl (C=O) groups is 1. The average molecular weight is 472 g/mol. The van der Waals surface area contributed by atoms with Gasteiger partial charge in [0, 0.05) is 32.6 Å². The lowest BCUT2D eigenvalue weighted by Crippen LogP contribution is -2.37. The Hall–Kier alpha value is -3.28. The molecule has 0 bridgehead atoms. The van der Waals surface area contributed by atoms with Gasteiger partial charge in [0.1, 0.15) is 5.82 Å². The number of fused-ring (bicyclic) bond motifs is 1. The molecule has 0 unspecified atom stereocenters. The highest BCUT2D eigenvalue weighted by Crippen LogP contribution is 2.27. The summed E-state index contributed by atoms with van der Waals surface area (Å²) in [6.45, 7) is 1.96. The third-order valence-corrected chi connectivity index (χ3v) is 7.14. The highest BCUT2D eigenvalue weighted by Gasteiger charge is 2.25. The zero-order valence-electron chi connectivity index (χ0n) is 18.4. The van der Waals surface area contributed by atoms with Crippen LogP contribution < -0.4 is 10.6 Å². The molecule has 3 aromatic rings. The number of para-hydroxylation sites is 1. The Kier molecular flexibility index (Phi) is 6.45. The van der Waals surface area contributed by atoms with Gasteiger partial charge in [-0.1, -0.05) is 12.1 Å². The Morgan fingerprint density at radius 3 is 2.61 bits per heavy atom. The second kappa shape index (κ2) is 9.30. The van der Waals surface area contributed by atoms with Crippen molar-refractivity contribution in [3.05, 3.63) is 53.9 Å². The zero-order chi connectivity index (χ0) is 23.6. The number of sulfonamides is 1. The summed E-state index contributed by atoms with van der Waals surface area (Å²) >= 11 is 0. The molecule has 0 spiro atoms. The largest absolute Gasteiger partial charge is 0.454 e. The van der Waals surface area contributed by atoms with E-state index in [1.807, 2.05) is 23.1 Å². The van der Waals surface area contributed by atoms with Crippen LogP contribution in [0.25, 0.3) is 10.9 Å². The first-order chi connectivity index (χ1) is 15.8. The van der Waals surface area contributed by atoms with Crippen molar-refractivity contribution in [2.45, 2.75) is 11.5 Å². The van der Waals surface area contributed by atoms with E-state index in [1.54, 1.807) is 12.1 Å². The summed E-state index contributed by atoms with van der Waals surface area (Å²) in [6.07, 6.45) is 0. The van der Waals surface area contributed by atoms with Crippen LogP contribution in [0.15, 0.2) is 47.4 Å². The SMILES string of the molecule is CN(C)S(=O)(=O)c1ccc(N2CCOCC2)c(C(=O)OCc2nc(N)c3ccccc3n2)c1. The fourth-order valence-corrected chi connectivity index (χ4v) is 4.48. The molecule has 11 heteroatoms. The standard InChI is InChI=1S/C22H25N5O5S/c1-26(2)33(29,30)15-7-8-19(27-9-11-31-12-10-27)17(13-15)22(28)32-14-20-24-18-6-4-3-5-16(18)21(23)25-20/h3-8,13H,9-12,14H2,1-2H3,(H2,23,24,25). The van der Waals surface area contributed by atoms with Gasteiger partial charge in [-0.05, 0) is 30.3 Å². The van der Waals surface area contributed by atoms with Gasteiger partial charge in [0.25, 0.3) is 0 Å². The van der Waals surface area contributed by atoms with E-state index in [1.165, 1.54) is 26.2 Å². The molecule has 1 saturated heterocycles. The van der Waals surface area contributed by atoms with E-state index in [0.29, 0.717) is 48.7 Å². The van der Waals surface area contributed by atoms with Crippen LogP contribution >= 0.6 is 0 Å². The topological polar surface area (TPSA) is 128 Å². The maximum atomic E-state index is 13.1. The molecule has 4 rings (SSSR count). The molecule has 0 amide bonds. The predicted molar refractivity (Wildman–Crippen MR) is 123 cm³/mol. The van der Waals surface area contributed by atoms with Gasteiger partial charge in [0.2, 0.25) is 10.0 Å². The number of nitrogens with two attached hydrogens (primary N) is 1. The zero-order valence-corrected chi connectivity index (χ0v) is 19.2. The summed E-state index contributed by atoms with van der Waals surface area (Å²) in [7, 11) is -0.866. The summed E-state index contributed by atoms with van der Waals surface area (Å²) in [6, 6.07) is 11.7. The van der Waals surface area contributed by atoms with Crippen LogP contribution in [0.1, 0.15) is 16.2 Å². The molecule has 10 nitrogen and oxygen atoms in total. The number of hydrogen-bond donors (Lipinski definition) is 1. The molecule has 2 aromatic carbocycles. The third kappa shape index (κ3) is 4.75. The van der Waals surface area contributed by atoms with E-state index < -0.39 is 16.0 Å². The third-order valence-electron chi connectivity index (χ3n) is 5.33. The highest BCUT2D eigenvalue weighted by molar-refractivity contribution is 7.89. The Morgan fingerprint density at radius 1 is 1.15 bits per heavy atom. The first-order valence-electron chi connectivity index (χ1n) is 10.3. The van der Waals surface area contributed by atoms with Crippen LogP contribution in [-0.4, -0.2) is 69.1 Å². The molecule has 0 aliphatic carbocycles. The minimum Gasteiger partial charge on any atom is -0.454 e. The molecular weight excluding hydrogens is 446 g/mol. The maximum absolute atomic E-state index is 13.1. The lowest BCUT2D eigenvalue weighted by Gasteiger charge is -2.30. The smallest absolute Gasteiger partial charge is 0.340 e. The van der Waals surface area contributed by atoms with Gasteiger partial charge < -0.3 is 20.1 Å². The Labute approximate surface area is 192 Å². The summed E-state index contributed by atoms with van der Waals surface area (Å²) in [5.74, 6) is -0.133. The highest BCUT2D eigenvalue weighted by atomic mass is 32.2. The molecule has 174 valence electrons. The van der Waals surface area contributed by atoms with E-state index in [2.05, 4.69) is 9.97 Å². The Balaban J connectivity index is 1.64. The number of hydrogen-bond acceptors (Lipinski definition) is 9. The normalized spacial score (nSPS) is 14.6. The molecule has 0 atom stereocenters. The number of anilines is 2. The van der Waals surface area contributed by atoms with Gasteiger partial charge in [-0.2, -0.15) is 0 Å². The number of nitrogens with zero attached hydrogens (tertiary/aromatic N) is 4. The molecule has 1 aromatic heterocycles. The summed E-state index contributed by atoms with van der Waals surface area (Å²) in [4.78, 5) is 23.7. The predicted octanol–water partition coefficient (Wildman–Crippen LogP) is 1.66. The number of aromatic nitrogens is 2. The number of morpholine rings is 1. The van der Waals surface area contributed by atoms with E-state index in [-0.39, 0.29) is 22.9 Å². The summed E-state index contributed by atoms with van der Waals surface area (Å²) in [5.41, 5.74) is 7.38. The van der Waals surface area contributed by atoms with Crippen LogP contribution in [0.5, 0.6) is 0 Å². The molecule has 2 heterocycles. The van der Waals surface area contributed by atoms with Gasteiger partial charge >= 0.3 is 5.97 Å². The number of ether oxygens (including phenoxy) is 2. The first kappa shape index (κ1) is 22.9. The van der Waals surface area contributed by atoms with Gasteiger partial charge in [0.15, 0.2) is 12.4 Å². The second-order valence-electron chi connectivity index (χ2n) is 7.68. The molecule has 0 radical (unpaired) electrons. The fourth-order valence-electron chi connectivity index (χ4n) is 3.55. The molecule has 1 aliphatic rings. The van der Waals surface area contributed by atoms with Crippen molar-refractivity contribution in [3.63, 3.8) is 0 Å².